The number of hydrogen-bond donors (Lipinski definition) is 2. The fourth-order valence-electron chi connectivity index (χ4n) is 3.14. The third-order valence-corrected chi connectivity index (χ3v) is 7.18. The van der Waals surface area contributed by atoms with Gasteiger partial charge in [-0.1, -0.05) is 6.42 Å². The maximum Gasteiger partial charge on any atom is 0.257 e. The van der Waals surface area contributed by atoms with Crippen molar-refractivity contribution in [1.82, 2.24) is 9.71 Å². The maximum atomic E-state index is 12.7. The van der Waals surface area contributed by atoms with E-state index in [1.807, 2.05) is 0 Å². The molecule has 0 saturated heterocycles. The van der Waals surface area contributed by atoms with Crippen molar-refractivity contribution in [2.24, 2.45) is 0 Å². The molecule has 0 radical (unpaired) electrons. The van der Waals surface area contributed by atoms with Crippen LogP contribution in [0.5, 0.6) is 5.75 Å². The standard InChI is InChI=1S/C19H25N3O5S2/c1-26-11-10-20-29(24,25)17-12-13(8-9-15(17)27-2)18(23)22-19-21-14-6-4-3-5-7-16(14)28-19/h8-9,12,20H,3-7,10-11H2,1-2H3,(H,21,22,23). The Morgan fingerprint density at radius 2 is 2.00 bits per heavy atom. The van der Waals surface area contributed by atoms with E-state index in [-0.39, 0.29) is 29.4 Å². The zero-order valence-corrected chi connectivity index (χ0v) is 18.1. The lowest BCUT2D eigenvalue weighted by molar-refractivity contribution is 0.102. The lowest BCUT2D eigenvalue weighted by Crippen LogP contribution is -2.28. The van der Waals surface area contributed by atoms with Gasteiger partial charge in [0, 0.05) is 24.1 Å². The van der Waals surface area contributed by atoms with E-state index in [4.69, 9.17) is 9.47 Å². The number of aromatic nitrogens is 1. The molecule has 1 aromatic carbocycles. The second-order valence-corrected chi connectivity index (χ2v) is 9.48. The molecule has 8 nitrogen and oxygen atoms in total. The van der Waals surface area contributed by atoms with Crippen LogP contribution in [-0.4, -0.2) is 46.7 Å². The summed E-state index contributed by atoms with van der Waals surface area (Å²) < 4.78 is 37.7. The highest BCUT2D eigenvalue weighted by Gasteiger charge is 2.22. The second kappa shape index (κ2) is 9.66. The van der Waals surface area contributed by atoms with E-state index in [9.17, 15) is 13.2 Å². The number of hydrogen-bond acceptors (Lipinski definition) is 7. The van der Waals surface area contributed by atoms with Gasteiger partial charge in [-0.05, 0) is 43.9 Å². The van der Waals surface area contributed by atoms with Gasteiger partial charge in [0.2, 0.25) is 10.0 Å². The van der Waals surface area contributed by atoms with Crippen LogP contribution < -0.4 is 14.8 Å². The van der Waals surface area contributed by atoms with Crippen LogP contribution in [0.15, 0.2) is 23.1 Å². The minimum Gasteiger partial charge on any atom is -0.495 e. The zero-order valence-electron chi connectivity index (χ0n) is 16.5. The summed E-state index contributed by atoms with van der Waals surface area (Å²) in [4.78, 5) is 18.4. The quantitative estimate of drug-likeness (QED) is 0.484. The molecule has 0 fully saturated rings. The summed E-state index contributed by atoms with van der Waals surface area (Å²) in [6.45, 7) is 0.347. The van der Waals surface area contributed by atoms with E-state index in [2.05, 4.69) is 15.0 Å². The summed E-state index contributed by atoms with van der Waals surface area (Å²) >= 11 is 1.49. The number of carbonyl (C=O) groups is 1. The van der Waals surface area contributed by atoms with E-state index < -0.39 is 15.9 Å². The lowest BCUT2D eigenvalue weighted by Gasteiger charge is -2.12. The van der Waals surface area contributed by atoms with Gasteiger partial charge < -0.3 is 9.47 Å². The van der Waals surface area contributed by atoms with Crippen molar-refractivity contribution in [3.63, 3.8) is 0 Å². The Labute approximate surface area is 174 Å². The average molecular weight is 440 g/mol. The molecule has 0 atom stereocenters. The maximum absolute atomic E-state index is 12.7. The number of anilines is 1. The Morgan fingerprint density at radius 3 is 2.76 bits per heavy atom. The Hall–Kier alpha value is -2.01. The zero-order chi connectivity index (χ0) is 20.9. The van der Waals surface area contributed by atoms with Gasteiger partial charge >= 0.3 is 0 Å². The molecule has 1 amide bonds. The van der Waals surface area contributed by atoms with Crippen LogP contribution >= 0.6 is 11.3 Å². The van der Waals surface area contributed by atoms with E-state index in [0.29, 0.717) is 5.13 Å². The number of sulfonamides is 1. The number of benzene rings is 1. The molecular formula is C19H25N3O5S2. The largest absolute Gasteiger partial charge is 0.495 e. The van der Waals surface area contributed by atoms with Crippen molar-refractivity contribution in [2.45, 2.75) is 37.0 Å². The number of rotatable bonds is 8. The number of fused-ring (bicyclic) bond motifs is 1. The normalized spacial score (nSPS) is 14.1. The molecule has 0 saturated carbocycles. The topological polar surface area (TPSA) is 107 Å². The molecule has 3 rings (SSSR count). The molecule has 0 spiro atoms. The molecule has 10 heteroatoms. The Bertz CT molecular complexity index is 949. The van der Waals surface area contributed by atoms with Crippen LogP contribution in [0.2, 0.25) is 0 Å². The van der Waals surface area contributed by atoms with Crippen molar-refractivity contribution in [3.8, 4) is 5.75 Å². The number of nitrogens with one attached hydrogen (secondary N) is 2. The summed E-state index contributed by atoms with van der Waals surface area (Å²) in [7, 11) is -0.993. The molecular weight excluding hydrogens is 414 g/mol. The number of carbonyl (C=O) groups excluding carboxylic acids is 1. The van der Waals surface area contributed by atoms with Gasteiger partial charge in [0.05, 0.1) is 19.4 Å². The first-order valence-electron chi connectivity index (χ1n) is 9.41. The predicted molar refractivity (Wildman–Crippen MR) is 111 cm³/mol. The first-order valence-corrected chi connectivity index (χ1v) is 11.7. The van der Waals surface area contributed by atoms with Gasteiger partial charge in [0.25, 0.3) is 5.91 Å². The Morgan fingerprint density at radius 1 is 1.21 bits per heavy atom. The van der Waals surface area contributed by atoms with Crippen molar-refractivity contribution in [2.75, 3.05) is 32.7 Å². The second-order valence-electron chi connectivity index (χ2n) is 6.66. The van der Waals surface area contributed by atoms with Crippen LogP contribution in [0.25, 0.3) is 0 Å². The number of amides is 1. The van der Waals surface area contributed by atoms with Crippen LogP contribution in [0.3, 0.4) is 0 Å². The average Bonchev–Trinajstić information content (AvgIpc) is 2.95. The molecule has 2 aromatic rings. The van der Waals surface area contributed by atoms with Gasteiger partial charge in [0.15, 0.2) is 5.13 Å². The number of ether oxygens (including phenoxy) is 2. The number of nitrogens with zero attached hydrogens (tertiary/aromatic N) is 1. The molecule has 2 N–H and O–H groups in total. The minimum absolute atomic E-state index is 0.0985. The van der Waals surface area contributed by atoms with Crippen LogP contribution in [0.4, 0.5) is 5.13 Å². The first-order chi connectivity index (χ1) is 13.9. The molecule has 0 aliphatic heterocycles. The fourth-order valence-corrected chi connectivity index (χ4v) is 5.39. The highest BCUT2D eigenvalue weighted by molar-refractivity contribution is 7.89. The molecule has 1 heterocycles. The van der Waals surface area contributed by atoms with E-state index in [0.717, 1.165) is 31.4 Å². The summed E-state index contributed by atoms with van der Waals surface area (Å²) in [5, 5.41) is 3.34. The van der Waals surface area contributed by atoms with Crippen LogP contribution in [0, 0.1) is 0 Å². The molecule has 1 aromatic heterocycles. The molecule has 29 heavy (non-hydrogen) atoms. The van der Waals surface area contributed by atoms with E-state index in [1.54, 1.807) is 0 Å². The van der Waals surface area contributed by atoms with Gasteiger partial charge in [-0.25, -0.2) is 18.1 Å². The fraction of sp³-hybridized carbons (Fsp3) is 0.474. The van der Waals surface area contributed by atoms with Crippen LogP contribution in [-0.2, 0) is 27.6 Å². The predicted octanol–water partition coefficient (Wildman–Crippen LogP) is 2.60. The molecule has 158 valence electrons. The monoisotopic (exact) mass is 439 g/mol. The summed E-state index contributed by atoms with van der Waals surface area (Å²) in [6, 6.07) is 4.31. The highest BCUT2D eigenvalue weighted by Crippen LogP contribution is 2.30. The van der Waals surface area contributed by atoms with Crippen molar-refractivity contribution >= 4 is 32.4 Å². The molecule has 0 bridgehead atoms. The molecule has 0 unspecified atom stereocenters. The van der Waals surface area contributed by atoms with Crippen molar-refractivity contribution in [1.29, 1.82) is 0 Å². The highest BCUT2D eigenvalue weighted by atomic mass is 32.2. The number of thiazole rings is 1. The van der Waals surface area contributed by atoms with Crippen molar-refractivity contribution < 1.29 is 22.7 Å². The third-order valence-electron chi connectivity index (χ3n) is 4.63. The summed E-state index contributed by atoms with van der Waals surface area (Å²) in [5.74, 6) is -0.252. The third kappa shape index (κ3) is 5.33. The smallest absolute Gasteiger partial charge is 0.257 e. The summed E-state index contributed by atoms with van der Waals surface area (Å²) in [6.07, 6.45) is 5.37. The first kappa shape index (κ1) is 21.7. The number of aryl methyl sites for hydroxylation is 2. The molecule has 1 aliphatic carbocycles. The van der Waals surface area contributed by atoms with Crippen molar-refractivity contribution in [3.05, 3.63) is 34.3 Å². The number of methoxy groups -OCH3 is 2. The van der Waals surface area contributed by atoms with E-state index >= 15 is 0 Å². The van der Waals surface area contributed by atoms with Crippen LogP contribution in [0.1, 0.15) is 40.2 Å². The minimum atomic E-state index is -3.86. The van der Waals surface area contributed by atoms with Gasteiger partial charge in [-0.3, -0.25) is 10.1 Å². The Kier molecular flexibility index (Phi) is 7.23. The molecule has 1 aliphatic rings. The van der Waals surface area contributed by atoms with E-state index in [1.165, 1.54) is 55.1 Å². The van der Waals surface area contributed by atoms with Gasteiger partial charge in [-0.15, -0.1) is 11.3 Å². The Balaban J connectivity index is 1.80. The SMILES string of the molecule is COCCNS(=O)(=O)c1cc(C(=O)Nc2nc3c(s2)CCCCC3)ccc1OC. The summed E-state index contributed by atoms with van der Waals surface area (Å²) in [5.41, 5.74) is 1.27. The van der Waals surface area contributed by atoms with Gasteiger partial charge in [-0.2, -0.15) is 0 Å². The lowest BCUT2D eigenvalue weighted by atomic mass is 10.2. The van der Waals surface area contributed by atoms with Gasteiger partial charge in [0.1, 0.15) is 10.6 Å².